The van der Waals surface area contributed by atoms with Gasteiger partial charge >= 0.3 is 0 Å². The molecule has 1 aromatic carbocycles. The van der Waals surface area contributed by atoms with Crippen LogP contribution in [-0.4, -0.2) is 15.2 Å². The summed E-state index contributed by atoms with van der Waals surface area (Å²) in [6.07, 6.45) is 0. The minimum atomic E-state index is -1.51. The highest BCUT2D eigenvalue weighted by Crippen LogP contribution is 2.27. The van der Waals surface area contributed by atoms with Crippen molar-refractivity contribution in [2.75, 3.05) is 7.11 Å². The molecule has 0 aliphatic carbocycles. The summed E-state index contributed by atoms with van der Waals surface area (Å²) in [6, 6.07) is 5.76. The normalized spacial score (nSPS) is 10.7. The second-order valence-electron chi connectivity index (χ2n) is 4.30. The van der Waals surface area contributed by atoms with Crippen molar-refractivity contribution in [1.29, 1.82) is 0 Å². The van der Waals surface area contributed by atoms with E-state index in [1.807, 2.05) is 18.2 Å². The van der Waals surface area contributed by atoms with Gasteiger partial charge in [-0.3, -0.25) is 0 Å². The molecule has 0 aromatic heterocycles. The van der Waals surface area contributed by atoms with Crippen LogP contribution >= 0.6 is 0 Å². The molecular weight excluding hydrogens is 206 g/mol. The van der Waals surface area contributed by atoms with Crippen molar-refractivity contribution in [1.82, 2.24) is 0 Å². The van der Waals surface area contributed by atoms with E-state index in [4.69, 9.17) is 10.3 Å². The van der Waals surface area contributed by atoms with E-state index in [-0.39, 0.29) is 0 Å². The molecule has 0 N–H and O–H groups in total. The number of hydrogen-bond donors (Lipinski definition) is 0. The van der Waals surface area contributed by atoms with Gasteiger partial charge in [-0.2, -0.15) is 0 Å². The summed E-state index contributed by atoms with van der Waals surface area (Å²) in [6.45, 7) is 6.62. The van der Waals surface area contributed by atoms with Crippen molar-refractivity contribution in [2.45, 2.75) is 19.6 Å². The van der Waals surface area contributed by atoms with E-state index < -0.39 is 8.07 Å². The van der Waals surface area contributed by atoms with Gasteiger partial charge in [0.2, 0.25) is 0 Å². The molecule has 0 atom stereocenters. The van der Waals surface area contributed by atoms with E-state index in [1.54, 1.807) is 7.11 Å². The summed E-state index contributed by atoms with van der Waals surface area (Å²) in [7, 11) is 0.0754. The van der Waals surface area contributed by atoms with Gasteiger partial charge in [0.25, 0.3) is 0 Å². The Morgan fingerprint density at radius 2 is 2.00 bits per heavy atom. The fraction of sp³-hybridized carbons (Fsp3) is 0.400. The van der Waals surface area contributed by atoms with Crippen LogP contribution in [0.15, 0.2) is 23.3 Å². The maximum atomic E-state index is 8.55. The maximum Gasteiger partial charge on any atom is 0.128 e. The third-order valence-corrected chi connectivity index (χ3v) is 4.19. The smallest absolute Gasteiger partial charge is 0.128 e. The molecule has 0 fully saturated rings. The summed E-state index contributed by atoms with van der Waals surface area (Å²) >= 11 is 0. The first-order valence-electron chi connectivity index (χ1n) is 4.73. The minimum Gasteiger partial charge on any atom is -0.496 e. The van der Waals surface area contributed by atoms with Crippen molar-refractivity contribution in [3.8, 4) is 5.75 Å². The van der Waals surface area contributed by atoms with Crippen LogP contribution in [0, 0.1) is 0 Å². The van der Waals surface area contributed by atoms with Crippen LogP contribution in [0.2, 0.25) is 19.6 Å². The van der Waals surface area contributed by atoms with E-state index >= 15 is 0 Å². The van der Waals surface area contributed by atoms with Crippen LogP contribution in [0.1, 0.15) is 0 Å². The zero-order chi connectivity index (χ0) is 11.5. The summed E-state index contributed by atoms with van der Waals surface area (Å²) in [5.41, 5.74) is 9.19. The summed E-state index contributed by atoms with van der Waals surface area (Å²) in [5, 5.41) is 4.86. The monoisotopic (exact) mass is 221 g/mol. The van der Waals surface area contributed by atoms with Crippen molar-refractivity contribution < 1.29 is 4.74 Å². The number of benzene rings is 1. The zero-order valence-corrected chi connectivity index (χ0v) is 10.5. The Kier molecular flexibility index (Phi) is 3.39. The quantitative estimate of drug-likeness (QED) is 0.335. The van der Waals surface area contributed by atoms with Gasteiger partial charge in [-0.1, -0.05) is 36.9 Å². The maximum absolute atomic E-state index is 8.55. The minimum absolute atomic E-state index is 0.640. The predicted molar refractivity (Wildman–Crippen MR) is 64.8 cm³/mol. The molecule has 0 bridgehead atoms. The van der Waals surface area contributed by atoms with E-state index in [2.05, 4.69) is 29.7 Å². The molecule has 0 aliphatic rings. The predicted octanol–water partition coefficient (Wildman–Crippen LogP) is 3.18. The van der Waals surface area contributed by atoms with Crippen molar-refractivity contribution >= 4 is 18.9 Å². The largest absolute Gasteiger partial charge is 0.496 e. The van der Waals surface area contributed by atoms with Gasteiger partial charge in [0, 0.05) is 4.91 Å². The molecule has 80 valence electrons. The Labute approximate surface area is 90.5 Å². The summed E-state index contributed by atoms with van der Waals surface area (Å²) in [5.74, 6) is 0.646. The number of azide groups is 1. The third-order valence-electron chi connectivity index (χ3n) is 2.17. The summed E-state index contributed by atoms with van der Waals surface area (Å²) < 4.78 is 5.19. The lowest BCUT2D eigenvalue weighted by atomic mass is 10.3. The van der Waals surface area contributed by atoms with Crippen molar-refractivity contribution in [2.24, 2.45) is 5.11 Å². The molecule has 1 rings (SSSR count). The van der Waals surface area contributed by atoms with Crippen LogP contribution < -0.4 is 9.92 Å². The molecule has 0 saturated carbocycles. The second-order valence-corrected chi connectivity index (χ2v) is 9.33. The fourth-order valence-corrected chi connectivity index (χ4v) is 2.92. The molecule has 1 aromatic rings. The molecule has 15 heavy (non-hydrogen) atoms. The van der Waals surface area contributed by atoms with E-state index in [9.17, 15) is 0 Å². The Morgan fingerprint density at radius 3 is 2.47 bits per heavy atom. The van der Waals surface area contributed by atoms with Crippen molar-refractivity contribution in [3.05, 3.63) is 28.6 Å². The highest BCUT2D eigenvalue weighted by Gasteiger charge is 2.21. The van der Waals surface area contributed by atoms with Gasteiger partial charge < -0.3 is 4.74 Å². The molecule has 0 aliphatic heterocycles. The topological polar surface area (TPSA) is 58.0 Å². The average Bonchev–Trinajstić information content (AvgIpc) is 2.17. The van der Waals surface area contributed by atoms with Gasteiger partial charge in [0.15, 0.2) is 0 Å². The number of nitrogens with zero attached hydrogens (tertiary/aromatic N) is 3. The van der Waals surface area contributed by atoms with E-state index in [0.717, 1.165) is 5.19 Å². The SMILES string of the molecule is COc1cccc([Si](C)(C)C)c1N=[N+]=[N-]. The Hall–Kier alpha value is -1.45. The summed E-state index contributed by atoms with van der Waals surface area (Å²) in [4.78, 5) is 2.86. The van der Waals surface area contributed by atoms with Crippen LogP contribution in [0.25, 0.3) is 10.4 Å². The second kappa shape index (κ2) is 4.38. The van der Waals surface area contributed by atoms with Gasteiger partial charge in [0.05, 0.1) is 20.9 Å². The standard InChI is InChI=1S/C10H15N3OSi/c1-14-8-6-5-7-9(15(2,3)4)10(8)12-13-11/h5-7H,1-4H3. The third kappa shape index (κ3) is 2.52. The molecule has 5 heteroatoms. The number of methoxy groups -OCH3 is 1. The molecule has 0 amide bonds. The van der Waals surface area contributed by atoms with Gasteiger partial charge in [-0.15, -0.1) is 0 Å². The van der Waals surface area contributed by atoms with Crippen LogP contribution in [0.3, 0.4) is 0 Å². The first-order chi connectivity index (χ1) is 7.00. The van der Waals surface area contributed by atoms with Crippen LogP contribution in [0.5, 0.6) is 5.75 Å². The lowest BCUT2D eigenvalue weighted by Crippen LogP contribution is -2.37. The zero-order valence-electron chi connectivity index (χ0n) is 9.48. The first kappa shape index (κ1) is 11.6. The molecule has 0 saturated heterocycles. The molecule has 4 nitrogen and oxygen atoms in total. The van der Waals surface area contributed by atoms with Crippen LogP contribution in [-0.2, 0) is 0 Å². The Morgan fingerprint density at radius 1 is 1.33 bits per heavy atom. The highest BCUT2D eigenvalue weighted by atomic mass is 28.3. The van der Waals surface area contributed by atoms with Gasteiger partial charge in [-0.25, -0.2) is 0 Å². The fourth-order valence-electron chi connectivity index (χ4n) is 1.44. The molecule has 0 unspecified atom stereocenters. The number of ether oxygens (including phenoxy) is 1. The van der Waals surface area contributed by atoms with Gasteiger partial charge in [0.1, 0.15) is 5.75 Å². The molecule has 0 spiro atoms. The molecule has 0 heterocycles. The van der Waals surface area contributed by atoms with E-state index in [1.165, 1.54) is 0 Å². The number of hydrogen-bond acceptors (Lipinski definition) is 2. The molecule has 0 radical (unpaired) electrons. The van der Waals surface area contributed by atoms with E-state index in [0.29, 0.717) is 11.4 Å². The Balaban J connectivity index is 3.45. The molecular formula is C10H15N3OSi. The Bertz CT molecular complexity index is 406. The lowest BCUT2D eigenvalue weighted by Gasteiger charge is -2.20. The highest BCUT2D eigenvalue weighted by molar-refractivity contribution is 6.89. The van der Waals surface area contributed by atoms with Gasteiger partial charge in [-0.05, 0) is 16.8 Å². The van der Waals surface area contributed by atoms with Crippen LogP contribution in [0.4, 0.5) is 5.69 Å². The first-order valence-corrected chi connectivity index (χ1v) is 8.23. The number of rotatable bonds is 3. The lowest BCUT2D eigenvalue weighted by molar-refractivity contribution is 0.416. The average molecular weight is 221 g/mol. The van der Waals surface area contributed by atoms with Crippen molar-refractivity contribution in [3.63, 3.8) is 0 Å².